The van der Waals surface area contributed by atoms with Crippen molar-refractivity contribution >= 4 is 17.5 Å². The number of benzene rings is 1. The van der Waals surface area contributed by atoms with Crippen LogP contribution in [0.1, 0.15) is 5.56 Å². The van der Waals surface area contributed by atoms with Crippen LogP contribution in [-0.2, 0) is 9.59 Å². The lowest BCUT2D eigenvalue weighted by molar-refractivity contribution is -0.119. The van der Waals surface area contributed by atoms with Gasteiger partial charge in [-0.15, -0.1) is 0 Å². The second-order valence-corrected chi connectivity index (χ2v) is 3.01. The van der Waals surface area contributed by atoms with Gasteiger partial charge in [0.1, 0.15) is 0 Å². The molecule has 0 saturated heterocycles. The normalized spacial score (nSPS) is 15.4. The van der Waals surface area contributed by atoms with E-state index in [9.17, 15) is 9.59 Å². The molecule has 1 aromatic rings. The van der Waals surface area contributed by atoms with Crippen molar-refractivity contribution in [2.75, 3.05) is 4.90 Å². The van der Waals surface area contributed by atoms with Crippen molar-refractivity contribution in [3.05, 3.63) is 48.9 Å². The molecule has 0 aromatic heterocycles. The van der Waals surface area contributed by atoms with Crippen LogP contribution in [-0.4, -0.2) is 11.8 Å². The molecule has 0 N–H and O–H groups in total. The predicted octanol–water partition coefficient (Wildman–Crippen LogP) is 1.30. The van der Waals surface area contributed by atoms with Gasteiger partial charge in [0.05, 0.1) is 5.69 Å². The van der Waals surface area contributed by atoms with Gasteiger partial charge in [0.2, 0.25) is 0 Å². The first kappa shape index (κ1) is 8.69. The largest absolute Gasteiger partial charge is 0.269 e. The number of hydrogen-bond donors (Lipinski definition) is 0. The Morgan fingerprint density at radius 1 is 0.929 bits per heavy atom. The highest BCUT2D eigenvalue weighted by atomic mass is 16.2. The van der Waals surface area contributed by atoms with Gasteiger partial charge in [0, 0.05) is 12.2 Å². The third-order valence-electron chi connectivity index (χ3n) is 2.00. The van der Waals surface area contributed by atoms with E-state index < -0.39 is 0 Å². The van der Waals surface area contributed by atoms with E-state index in [0.29, 0.717) is 5.69 Å². The SMILES string of the molecule is [CH2]c1ccc(N2C(=O)C=CC2=O)cc1. The summed E-state index contributed by atoms with van der Waals surface area (Å²) in [5, 5.41) is 0. The van der Waals surface area contributed by atoms with Crippen molar-refractivity contribution in [3.8, 4) is 0 Å². The smallest absolute Gasteiger partial charge is 0.258 e. The van der Waals surface area contributed by atoms with Gasteiger partial charge in [-0.25, -0.2) is 4.90 Å². The maximum Gasteiger partial charge on any atom is 0.258 e. The zero-order valence-electron chi connectivity index (χ0n) is 7.43. The quantitative estimate of drug-likeness (QED) is 0.620. The van der Waals surface area contributed by atoms with Gasteiger partial charge in [-0.05, 0) is 24.6 Å². The number of rotatable bonds is 1. The van der Waals surface area contributed by atoms with Gasteiger partial charge in [-0.1, -0.05) is 12.1 Å². The lowest BCUT2D eigenvalue weighted by atomic mass is 10.2. The van der Waals surface area contributed by atoms with Crippen LogP contribution in [0.25, 0.3) is 0 Å². The summed E-state index contributed by atoms with van der Waals surface area (Å²) >= 11 is 0. The van der Waals surface area contributed by atoms with Gasteiger partial charge in [-0.2, -0.15) is 0 Å². The number of hydrogen-bond acceptors (Lipinski definition) is 2. The van der Waals surface area contributed by atoms with Gasteiger partial charge in [-0.3, -0.25) is 9.59 Å². The summed E-state index contributed by atoms with van der Waals surface area (Å²) in [4.78, 5) is 23.7. The molecule has 14 heavy (non-hydrogen) atoms. The van der Waals surface area contributed by atoms with Gasteiger partial charge in [0.15, 0.2) is 0 Å². The van der Waals surface area contributed by atoms with E-state index in [-0.39, 0.29) is 11.8 Å². The first-order chi connectivity index (χ1) is 6.68. The number of nitrogens with zero attached hydrogens (tertiary/aromatic N) is 1. The van der Waals surface area contributed by atoms with Crippen LogP contribution in [0.2, 0.25) is 0 Å². The van der Waals surface area contributed by atoms with Gasteiger partial charge < -0.3 is 0 Å². The fourth-order valence-electron chi connectivity index (χ4n) is 1.30. The fourth-order valence-corrected chi connectivity index (χ4v) is 1.30. The molecule has 0 bridgehead atoms. The highest BCUT2D eigenvalue weighted by Gasteiger charge is 2.24. The summed E-state index contributed by atoms with van der Waals surface area (Å²) in [6.45, 7) is 3.72. The topological polar surface area (TPSA) is 37.4 Å². The minimum Gasteiger partial charge on any atom is -0.269 e. The molecule has 3 heteroatoms. The zero-order chi connectivity index (χ0) is 10.1. The van der Waals surface area contributed by atoms with Crippen LogP contribution in [0.3, 0.4) is 0 Å². The van der Waals surface area contributed by atoms with Crippen LogP contribution in [0.4, 0.5) is 5.69 Å². The molecule has 2 amide bonds. The highest BCUT2D eigenvalue weighted by Crippen LogP contribution is 2.18. The van der Waals surface area contributed by atoms with Crippen LogP contribution in [0.15, 0.2) is 36.4 Å². The molecule has 2 rings (SSSR count). The van der Waals surface area contributed by atoms with Crippen LogP contribution >= 0.6 is 0 Å². The van der Waals surface area contributed by atoms with Gasteiger partial charge in [0.25, 0.3) is 11.8 Å². The molecule has 1 aliphatic heterocycles. The van der Waals surface area contributed by atoms with Crippen LogP contribution in [0.5, 0.6) is 0 Å². The summed E-state index contributed by atoms with van der Waals surface area (Å²) < 4.78 is 0. The Hall–Kier alpha value is -1.90. The Morgan fingerprint density at radius 3 is 1.93 bits per heavy atom. The molecule has 3 nitrogen and oxygen atoms in total. The fraction of sp³-hybridized carbons (Fsp3) is 0. The van der Waals surface area contributed by atoms with E-state index >= 15 is 0 Å². The monoisotopic (exact) mass is 186 g/mol. The molecule has 1 aliphatic rings. The third-order valence-corrected chi connectivity index (χ3v) is 2.00. The lowest BCUT2D eigenvalue weighted by Crippen LogP contribution is -2.29. The maximum absolute atomic E-state index is 11.3. The van der Waals surface area contributed by atoms with Crippen molar-refractivity contribution < 1.29 is 9.59 Å². The molecule has 0 spiro atoms. The predicted molar refractivity (Wildman–Crippen MR) is 52.5 cm³/mol. The Kier molecular flexibility index (Phi) is 1.93. The first-order valence-electron chi connectivity index (χ1n) is 4.16. The van der Waals surface area contributed by atoms with Gasteiger partial charge >= 0.3 is 0 Å². The molecule has 1 aromatic carbocycles. The molecule has 1 radical (unpaired) electrons. The lowest BCUT2D eigenvalue weighted by Gasteiger charge is -2.13. The summed E-state index contributed by atoms with van der Waals surface area (Å²) in [6, 6.07) is 6.92. The summed E-state index contributed by atoms with van der Waals surface area (Å²) in [6.07, 6.45) is 2.53. The maximum atomic E-state index is 11.3. The zero-order valence-corrected chi connectivity index (χ0v) is 7.43. The van der Waals surface area contributed by atoms with Crippen molar-refractivity contribution in [2.45, 2.75) is 0 Å². The summed E-state index contributed by atoms with van der Waals surface area (Å²) in [5.74, 6) is -0.598. The first-order valence-corrected chi connectivity index (χ1v) is 4.16. The number of anilines is 1. The average molecular weight is 186 g/mol. The van der Waals surface area contributed by atoms with E-state index in [1.54, 1.807) is 24.3 Å². The molecule has 0 saturated carbocycles. The standard InChI is InChI=1S/C11H8NO2/c1-8-2-4-9(5-3-8)12-10(13)6-7-11(12)14/h2-7H,1H2. The van der Waals surface area contributed by atoms with E-state index in [2.05, 4.69) is 6.92 Å². The average Bonchev–Trinajstić information content (AvgIpc) is 2.49. The van der Waals surface area contributed by atoms with Crippen molar-refractivity contribution in [1.82, 2.24) is 0 Å². The van der Waals surface area contributed by atoms with E-state index in [0.717, 1.165) is 10.5 Å². The number of carbonyl (C=O) groups excluding carboxylic acids is 2. The van der Waals surface area contributed by atoms with E-state index in [1.165, 1.54) is 12.2 Å². The second-order valence-electron chi connectivity index (χ2n) is 3.01. The Balaban J connectivity index is 2.36. The summed E-state index contributed by atoms with van der Waals surface area (Å²) in [5.41, 5.74) is 1.43. The minimum absolute atomic E-state index is 0.299. The number of imide groups is 1. The van der Waals surface area contributed by atoms with E-state index in [1.807, 2.05) is 0 Å². The number of amides is 2. The Labute approximate surface area is 81.6 Å². The highest BCUT2D eigenvalue weighted by molar-refractivity contribution is 6.28. The molecular weight excluding hydrogens is 178 g/mol. The molecule has 0 fully saturated rings. The molecule has 0 atom stereocenters. The third kappa shape index (κ3) is 1.33. The van der Waals surface area contributed by atoms with Crippen LogP contribution < -0.4 is 4.90 Å². The van der Waals surface area contributed by atoms with Crippen LogP contribution in [0, 0.1) is 6.92 Å². The van der Waals surface area contributed by atoms with Crippen molar-refractivity contribution in [1.29, 1.82) is 0 Å². The second kappa shape index (κ2) is 3.10. The van der Waals surface area contributed by atoms with E-state index in [4.69, 9.17) is 0 Å². The van der Waals surface area contributed by atoms with Crippen molar-refractivity contribution in [3.63, 3.8) is 0 Å². The summed E-state index contributed by atoms with van der Waals surface area (Å²) in [7, 11) is 0. The molecule has 69 valence electrons. The molecule has 1 heterocycles. The Morgan fingerprint density at radius 2 is 1.43 bits per heavy atom. The Bertz CT molecular complexity index is 399. The molecule has 0 unspecified atom stereocenters. The van der Waals surface area contributed by atoms with Crippen molar-refractivity contribution in [2.24, 2.45) is 0 Å². The molecule has 0 aliphatic carbocycles. The molecular formula is C11H8NO2. The minimum atomic E-state index is -0.299. The number of carbonyl (C=O) groups is 2.